The Kier molecular flexibility index (Phi) is 4.42. The van der Waals surface area contributed by atoms with Crippen molar-refractivity contribution in [1.29, 1.82) is 0 Å². The van der Waals surface area contributed by atoms with E-state index in [0.717, 1.165) is 18.5 Å². The summed E-state index contributed by atoms with van der Waals surface area (Å²) in [7, 11) is 3.19. The Balaban J connectivity index is 2.28. The molecule has 1 heterocycles. The minimum atomic E-state index is -0.621. The maximum atomic E-state index is 12.8. The molecule has 2 N–H and O–H groups in total. The molecule has 0 bridgehead atoms. The second-order valence-corrected chi connectivity index (χ2v) is 5.99. The van der Waals surface area contributed by atoms with Crippen LogP contribution in [0.5, 0.6) is 11.5 Å². The zero-order valence-electron chi connectivity index (χ0n) is 13.2. The second kappa shape index (κ2) is 5.93. The first-order chi connectivity index (χ1) is 9.90. The van der Waals surface area contributed by atoms with Crippen molar-refractivity contribution in [3.8, 4) is 11.5 Å². The van der Waals surface area contributed by atoms with Gasteiger partial charge in [-0.2, -0.15) is 0 Å². The van der Waals surface area contributed by atoms with E-state index < -0.39 is 5.41 Å². The van der Waals surface area contributed by atoms with Gasteiger partial charge in [0.1, 0.15) is 0 Å². The van der Waals surface area contributed by atoms with E-state index in [9.17, 15) is 4.79 Å². The third-order valence-electron chi connectivity index (χ3n) is 4.15. The van der Waals surface area contributed by atoms with E-state index in [-0.39, 0.29) is 11.9 Å². The first kappa shape index (κ1) is 15.6. The van der Waals surface area contributed by atoms with Gasteiger partial charge in [-0.15, -0.1) is 0 Å². The van der Waals surface area contributed by atoms with Crippen molar-refractivity contribution >= 4 is 5.91 Å². The van der Waals surface area contributed by atoms with Crippen molar-refractivity contribution < 1.29 is 14.3 Å². The van der Waals surface area contributed by atoms with Crippen LogP contribution in [0.15, 0.2) is 18.2 Å². The SMILES string of the molecule is COc1ccc(C(C)(C)C(=O)N2CCC(N)C2)cc1OC. The largest absolute Gasteiger partial charge is 0.493 e. The molecule has 0 aliphatic carbocycles. The third kappa shape index (κ3) is 2.97. The van der Waals surface area contributed by atoms with Gasteiger partial charge < -0.3 is 20.1 Å². The number of amides is 1. The normalized spacial score (nSPS) is 18.7. The van der Waals surface area contributed by atoms with Gasteiger partial charge in [-0.25, -0.2) is 0 Å². The highest BCUT2D eigenvalue weighted by atomic mass is 16.5. The molecule has 1 aliphatic rings. The maximum absolute atomic E-state index is 12.8. The Morgan fingerprint density at radius 1 is 1.29 bits per heavy atom. The number of hydrogen-bond donors (Lipinski definition) is 1. The van der Waals surface area contributed by atoms with E-state index in [2.05, 4.69) is 0 Å². The molecule has 2 rings (SSSR count). The average Bonchev–Trinajstić information content (AvgIpc) is 2.91. The summed E-state index contributed by atoms with van der Waals surface area (Å²) in [5.74, 6) is 1.39. The summed E-state index contributed by atoms with van der Waals surface area (Å²) in [5, 5.41) is 0. The van der Waals surface area contributed by atoms with E-state index in [4.69, 9.17) is 15.2 Å². The van der Waals surface area contributed by atoms with Crippen molar-refractivity contribution in [1.82, 2.24) is 4.90 Å². The average molecular weight is 292 g/mol. The fourth-order valence-corrected chi connectivity index (χ4v) is 2.72. The monoisotopic (exact) mass is 292 g/mol. The van der Waals surface area contributed by atoms with Crippen molar-refractivity contribution in [2.45, 2.75) is 31.7 Å². The predicted molar refractivity (Wildman–Crippen MR) is 81.7 cm³/mol. The van der Waals surface area contributed by atoms with Gasteiger partial charge in [0.05, 0.1) is 19.6 Å². The molecule has 1 aliphatic heterocycles. The minimum absolute atomic E-state index is 0.0927. The molecule has 1 atom stereocenters. The lowest BCUT2D eigenvalue weighted by molar-refractivity contribution is -0.135. The molecule has 0 spiro atoms. The Hall–Kier alpha value is -1.75. The molecule has 0 aromatic heterocycles. The summed E-state index contributed by atoms with van der Waals surface area (Å²) in [6, 6.07) is 5.70. The quantitative estimate of drug-likeness (QED) is 0.914. The number of carbonyl (C=O) groups is 1. The minimum Gasteiger partial charge on any atom is -0.493 e. The van der Waals surface area contributed by atoms with Crippen molar-refractivity contribution in [2.75, 3.05) is 27.3 Å². The summed E-state index contributed by atoms with van der Waals surface area (Å²) in [6.45, 7) is 5.23. The number of rotatable bonds is 4. The second-order valence-electron chi connectivity index (χ2n) is 5.99. The zero-order chi connectivity index (χ0) is 15.6. The molecule has 21 heavy (non-hydrogen) atoms. The van der Waals surface area contributed by atoms with E-state index in [1.54, 1.807) is 14.2 Å². The lowest BCUT2D eigenvalue weighted by atomic mass is 9.83. The lowest BCUT2D eigenvalue weighted by Crippen LogP contribution is -2.43. The van der Waals surface area contributed by atoms with Gasteiger partial charge in [0, 0.05) is 19.1 Å². The van der Waals surface area contributed by atoms with Crippen LogP contribution in [0.4, 0.5) is 0 Å². The van der Waals surface area contributed by atoms with Gasteiger partial charge in [0.25, 0.3) is 0 Å². The fourth-order valence-electron chi connectivity index (χ4n) is 2.72. The number of likely N-dealkylation sites (tertiary alicyclic amines) is 1. The van der Waals surface area contributed by atoms with Crippen LogP contribution in [0.3, 0.4) is 0 Å². The number of hydrogen-bond acceptors (Lipinski definition) is 4. The number of carbonyl (C=O) groups excluding carboxylic acids is 1. The van der Waals surface area contributed by atoms with Crippen LogP contribution in [0.25, 0.3) is 0 Å². The van der Waals surface area contributed by atoms with Gasteiger partial charge in [-0.3, -0.25) is 4.79 Å². The van der Waals surface area contributed by atoms with Gasteiger partial charge in [0.15, 0.2) is 11.5 Å². The Labute approximate surface area is 126 Å². The smallest absolute Gasteiger partial charge is 0.232 e. The van der Waals surface area contributed by atoms with E-state index in [1.165, 1.54) is 0 Å². The van der Waals surface area contributed by atoms with Crippen LogP contribution in [0.1, 0.15) is 25.8 Å². The summed E-state index contributed by atoms with van der Waals surface area (Å²) in [6.07, 6.45) is 0.869. The van der Waals surface area contributed by atoms with Crippen LogP contribution < -0.4 is 15.2 Å². The molecule has 1 unspecified atom stereocenters. The molecule has 5 heteroatoms. The van der Waals surface area contributed by atoms with Gasteiger partial charge in [-0.1, -0.05) is 6.07 Å². The van der Waals surface area contributed by atoms with E-state index in [1.807, 2.05) is 36.9 Å². The number of methoxy groups -OCH3 is 2. The van der Waals surface area contributed by atoms with Gasteiger partial charge in [0.2, 0.25) is 5.91 Å². The number of benzene rings is 1. The highest BCUT2D eigenvalue weighted by Crippen LogP contribution is 2.34. The Morgan fingerprint density at radius 2 is 1.95 bits per heavy atom. The lowest BCUT2D eigenvalue weighted by Gasteiger charge is -2.30. The van der Waals surface area contributed by atoms with Gasteiger partial charge in [-0.05, 0) is 38.0 Å². The zero-order valence-corrected chi connectivity index (χ0v) is 13.2. The molecule has 1 aromatic carbocycles. The van der Waals surface area contributed by atoms with E-state index in [0.29, 0.717) is 18.0 Å². The molecule has 116 valence electrons. The topological polar surface area (TPSA) is 64.8 Å². The summed E-state index contributed by atoms with van der Waals surface area (Å²) in [4.78, 5) is 14.6. The molecule has 1 amide bonds. The first-order valence-electron chi connectivity index (χ1n) is 7.17. The maximum Gasteiger partial charge on any atom is 0.232 e. The first-order valence-corrected chi connectivity index (χ1v) is 7.17. The molecule has 1 saturated heterocycles. The van der Waals surface area contributed by atoms with E-state index >= 15 is 0 Å². The highest BCUT2D eigenvalue weighted by Gasteiger charge is 2.36. The van der Waals surface area contributed by atoms with Crippen molar-refractivity contribution in [3.05, 3.63) is 23.8 Å². The van der Waals surface area contributed by atoms with Crippen molar-refractivity contribution in [2.24, 2.45) is 5.73 Å². The molecule has 0 saturated carbocycles. The Bertz CT molecular complexity index is 528. The summed E-state index contributed by atoms with van der Waals surface area (Å²) >= 11 is 0. The van der Waals surface area contributed by atoms with Crippen LogP contribution in [-0.4, -0.2) is 44.2 Å². The number of nitrogens with zero attached hydrogens (tertiary/aromatic N) is 1. The molecule has 0 radical (unpaired) electrons. The van der Waals surface area contributed by atoms with Gasteiger partial charge >= 0.3 is 0 Å². The molecular weight excluding hydrogens is 268 g/mol. The number of nitrogens with two attached hydrogens (primary N) is 1. The molecular formula is C16H24N2O3. The molecule has 1 aromatic rings. The third-order valence-corrected chi connectivity index (χ3v) is 4.15. The highest BCUT2D eigenvalue weighted by molar-refractivity contribution is 5.88. The fraction of sp³-hybridized carbons (Fsp3) is 0.562. The van der Waals surface area contributed by atoms with Crippen LogP contribution in [-0.2, 0) is 10.2 Å². The Morgan fingerprint density at radius 3 is 2.48 bits per heavy atom. The summed E-state index contributed by atoms with van der Waals surface area (Å²) < 4.78 is 10.6. The summed E-state index contributed by atoms with van der Waals surface area (Å²) in [5.41, 5.74) is 6.18. The standard InChI is InChI=1S/C16H24N2O3/c1-16(2,15(19)18-8-7-12(17)10-18)11-5-6-13(20-3)14(9-11)21-4/h5-6,9,12H,7-8,10,17H2,1-4H3. The van der Waals surface area contributed by atoms with Crippen LogP contribution in [0.2, 0.25) is 0 Å². The molecule has 1 fully saturated rings. The predicted octanol–water partition coefficient (Wildman–Crippen LogP) is 1.54. The van der Waals surface area contributed by atoms with Crippen molar-refractivity contribution in [3.63, 3.8) is 0 Å². The molecule has 5 nitrogen and oxygen atoms in total. The van der Waals surface area contributed by atoms with Crippen LogP contribution in [0, 0.1) is 0 Å². The van der Waals surface area contributed by atoms with Crippen LogP contribution >= 0.6 is 0 Å². The number of ether oxygens (including phenoxy) is 2.